The fraction of sp³-hybridized carbons (Fsp3) is 0.467. The van der Waals surface area contributed by atoms with Crippen LogP contribution in [0.3, 0.4) is 0 Å². The molecule has 1 atom stereocenters. The Hall–Kier alpha value is -1.42. The van der Waals surface area contributed by atoms with Gasteiger partial charge in [0.05, 0.1) is 19.6 Å². The number of guanidine groups is 1. The Balaban J connectivity index is 0.00000484. The van der Waals surface area contributed by atoms with Crippen molar-refractivity contribution in [1.29, 1.82) is 0 Å². The first-order chi connectivity index (χ1) is 10.5. The Kier molecular flexibility index (Phi) is 11.3. The molecule has 0 aliphatic carbocycles. The average Bonchev–Trinajstić information content (AvgIpc) is 2.44. The molecule has 1 amide bonds. The number of nitrogens with two attached hydrogens (primary N) is 1. The molecular formula is C15H24FIN4O2. The standard InChI is InChI=1S/C15H23FN4O2.HI/c1-11(10-22-2)20-15(17)19-7-6-18-14(21)9-12-4-3-5-13(16)8-12;/h3-5,8,11H,6-7,9-10H2,1-2H3,(H,18,21)(H3,17,19,20);1H. The Morgan fingerprint density at radius 3 is 2.87 bits per heavy atom. The number of rotatable bonds is 8. The molecule has 1 aromatic rings. The van der Waals surface area contributed by atoms with Crippen molar-refractivity contribution >= 4 is 35.8 Å². The lowest BCUT2D eigenvalue weighted by Gasteiger charge is -2.13. The molecule has 8 heteroatoms. The third kappa shape index (κ3) is 10.1. The first-order valence-electron chi connectivity index (χ1n) is 7.07. The molecule has 1 aromatic carbocycles. The van der Waals surface area contributed by atoms with Gasteiger partial charge < -0.3 is 21.1 Å². The molecule has 130 valence electrons. The van der Waals surface area contributed by atoms with Gasteiger partial charge in [-0.1, -0.05) is 12.1 Å². The predicted molar refractivity (Wildman–Crippen MR) is 99.5 cm³/mol. The molecule has 0 saturated carbocycles. The zero-order chi connectivity index (χ0) is 16.4. The molecule has 0 aromatic heterocycles. The second-order valence-corrected chi connectivity index (χ2v) is 4.92. The highest BCUT2D eigenvalue weighted by molar-refractivity contribution is 14.0. The molecule has 4 N–H and O–H groups in total. The van der Waals surface area contributed by atoms with E-state index in [0.717, 1.165) is 0 Å². The number of benzene rings is 1. The summed E-state index contributed by atoms with van der Waals surface area (Å²) in [4.78, 5) is 15.8. The van der Waals surface area contributed by atoms with E-state index in [0.29, 0.717) is 31.2 Å². The number of hydrogen-bond acceptors (Lipinski definition) is 3. The summed E-state index contributed by atoms with van der Waals surface area (Å²) in [5.74, 6) is -0.220. The minimum absolute atomic E-state index is 0. The SMILES string of the molecule is COCC(C)NC(N)=NCCNC(=O)Cc1cccc(F)c1.I. The summed E-state index contributed by atoms with van der Waals surface area (Å²) in [6.45, 7) is 3.19. The molecule has 0 bridgehead atoms. The lowest BCUT2D eigenvalue weighted by Crippen LogP contribution is -2.41. The molecular weight excluding hydrogens is 414 g/mol. The highest BCUT2D eigenvalue weighted by Gasteiger charge is 2.04. The molecule has 1 unspecified atom stereocenters. The molecule has 0 spiro atoms. The number of halogens is 2. The van der Waals surface area contributed by atoms with E-state index in [1.165, 1.54) is 12.1 Å². The first kappa shape index (κ1) is 21.6. The van der Waals surface area contributed by atoms with Crippen LogP contribution in [0.4, 0.5) is 4.39 Å². The maximum absolute atomic E-state index is 13.0. The van der Waals surface area contributed by atoms with E-state index in [1.54, 1.807) is 19.2 Å². The van der Waals surface area contributed by atoms with Crippen LogP contribution in [0.25, 0.3) is 0 Å². The Bertz CT molecular complexity index is 514. The van der Waals surface area contributed by atoms with Gasteiger partial charge in [-0.2, -0.15) is 0 Å². The molecule has 1 rings (SSSR count). The summed E-state index contributed by atoms with van der Waals surface area (Å²) in [6, 6.07) is 6.04. The molecule has 0 saturated heterocycles. The molecule has 23 heavy (non-hydrogen) atoms. The predicted octanol–water partition coefficient (Wildman–Crippen LogP) is 1.04. The second-order valence-electron chi connectivity index (χ2n) is 4.92. The van der Waals surface area contributed by atoms with Crippen LogP contribution in [-0.4, -0.2) is 44.7 Å². The van der Waals surface area contributed by atoms with Gasteiger partial charge in [-0.05, 0) is 24.6 Å². The average molecular weight is 438 g/mol. The second kappa shape index (κ2) is 12.1. The van der Waals surface area contributed by atoms with Gasteiger partial charge in [0.25, 0.3) is 0 Å². The topological polar surface area (TPSA) is 88.7 Å². The molecule has 0 radical (unpaired) electrons. The van der Waals surface area contributed by atoms with Gasteiger partial charge in [0.15, 0.2) is 5.96 Å². The maximum Gasteiger partial charge on any atom is 0.224 e. The van der Waals surface area contributed by atoms with Crippen molar-refractivity contribution in [2.75, 3.05) is 26.8 Å². The van der Waals surface area contributed by atoms with E-state index in [9.17, 15) is 9.18 Å². The van der Waals surface area contributed by atoms with Crippen LogP contribution < -0.4 is 16.4 Å². The van der Waals surface area contributed by atoms with Gasteiger partial charge in [-0.3, -0.25) is 9.79 Å². The van der Waals surface area contributed by atoms with Crippen LogP contribution in [0.5, 0.6) is 0 Å². The first-order valence-corrected chi connectivity index (χ1v) is 7.07. The van der Waals surface area contributed by atoms with Crippen molar-refractivity contribution in [3.63, 3.8) is 0 Å². The number of aliphatic imine (C=N–C) groups is 1. The number of carbonyl (C=O) groups is 1. The van der Waals surface area contributed by atoms with Crippen molar-refractivity contribution in [2.45, 2.75) is 19.4 Å². The van der Waals surface area contributed by atoms with Gasteiger partial charge in [0, 0.05) is 19.7 Å². The number of carbonyl (C=O) groups excluding carboxylic acids is 1. The number of hydrogen-bond donors (Lipinski definition) is 3. The highest BCUT2D eigenvalue weighted by Crippen LogP contribution is 2.03. The molecule has 6 nitrogen and oxygen atoms in total. The number of methoxy groups -OCH3 is 1. The number of amides is 1. The summed E-state index contributed by atoms with van der Waals surface area (Å²) < 4.78 is 18.0. The maximum atomic E-state index is 13.0. The lowest BCUT2D eigenvalue weighted by atomic mass is 10.1. The van der Waals surface area contributed by atoms with E-state index in [1.807, 2.05) is 6.92 Å². The van der Waals surface area contributed by atoms with Gasteiger partial charge in [-0.15, -0.1) is 24.0 Å². The largest absolute Gasteiger partial charge is 0.383 e. The Labute approximate surface area is 153 Å². The van der Waals surface area contributed by atoms with Gasteiger partial charge >= 0.3 is 0 Å². The van der Waals surface area contributed by atoms with E-state index in [4.69, 9.17) is 10.5 Å². The van der Waals surface area contributed by atoms with Gasteiger partial charge in [0.2, 0.25) is 5.91 Å². The zero-order valence-electron chi connectivity index (χ0n) is 13.3. The number of nitrogens with one attached hydrogen (secondary N) is 2. The normalized spacial score (nSPS) is 12.2. The Morgan fingerprint density at radius 2 is 2.22 bits per heavy atom. The summed E-state index contributed by atoms with van der Waals surface area (Å²) in [6.07, 6.45) is 0.139. The van der Waals surface area contributed by atoms with Gasteiger partial charge in [0.1, 0.15) is 5.82 Å². The monoisotopic (exact) mass is 438 g/mol. The fourth-order valence-electron chi connectivity index (χ4n) is 1.86. The third-order valence-electron chi connectivity index (χ3n) is 2.78. The lowest BCUT2D eigenvalue weighted by molar-refractivity contribution is -0.120. The third-order valence-corrected chi connectivity index (χ3v) is 2.78. The van der Waals surface area contributed by atoms with Crippen LogP contribution in [0.15, 0.2) is 29.3 Å². The van der Waals surface area contributed by atoms with Crippen LogP contribution in [-0.2, 0) is 16.0 Å². The van der Waals surface area contributed by atoms with Crippen molar-refractivity contribution in [1.82, 2.24) is 10.6 Å². The van der Waals surface area contributed by atoms with Crippen molar-refractivity contribution in [3.8, 4) is 0 Å². The minimum atomic E-state index is -0.348. The quantitative estimate of drug-likeness (QED) is 0.245. The van der Waals surface area contributed by atoms with E-state index in [-0.39, 0.29) is 48.2 Å². The van der Waals surface area contributed by atoms with E-state index >= 15 is 0 Å². The molecule has 0 heterocycles. The molecule has 0 fully saturated rings. The van der Waals surface area contributed by atoms with Crippen molar-refractivity contribution in [3.05, 3.63) is 35.6 Å². The van der Waals surface area contributed by atoms with Gasteiger partial charge in [-0.25, -0.2) is 4.39 Å². The van der Waals surface area contributed by atoms with Crippen LogP contribution in [0, 0.1) is 5.82 Å². The van der Waals surface area contributed by atoms with Crippen molar-refractivity contribution < 1.29 is 13.9 Å². The number of ether oxygens (including phenoxy) is 1. The van der Waals surface area contributed by atoms with Crippen molar-refractivity contribution in [2.24, 2.45) is 10.7 Å². The highest BCUT2D eigenvalue weighted by atomic mass is 127. The summed E-state index contributed by atoms with van der Waals surface area (Å²) in [5, 5.41) is 5.67. The molecule has 0 aliphatic heterocycles. The molecule has 0 aliphatic rings. The summed E-state index contributed by atoms with van der Waals surface area (Å²) in [7, 11) is 1.61. The zero-order valence-corrected chi connectivity index (χ0v) is 15.7. The summed E-state index contributed by atoms with van der Waals surface area (Å²) in [5.41, 5.74) is 6.33. The fourth-order valence-corrected chi connectivity index (χ4v) is 1.86. The minimum Gasteiger partial charge on any atom is -0.383 e. The van der Waals surface area contributed by atoms with E-state index in [2.05, 4.69) is 15.6 Å². The van der Waals surface area contributed by atoms with Crippen LogP contribution in [0.1, 0.15) is 12.5 Å². The summed E-state index contributed by atoms with van der Waals surface area (Å²) >= 11 is 0. The number of nitrogens with zero attached hydrogens (tertiary/aromatic N) is 1. The Morgan fingerprint density at radius 1 is 1.48 bits per heavy atom. The van der Waals surface area contributed by atoms with Crippen LogP contribution >= 0.6 is 24.0 Å². The van der Waals surface area contributed by atoms with E-state index < -0.39 is 0 Å². The smallest absolute Gasteiger partial charge is 0.224 e. The van der Waals surface area contributed by atoms with Crippen LogP contribution in [0.2, 0.25) is 0 Å².